The van der Waals surface area contributed by atoms with Crippen molar-refractivity contribution in [3.05, 3.63) is 21.9 Å². The SMILES string of the molecule is CCN1CCC(N(C(=O)C2CC2c2ccc(C)s2)C2CC2)CC1. The molecular formula is C19H28N2OS. The predicted molar refractivity (Wildman–Crippen MR) is 94.9 cm³/mol. The third-order valence-electron chi connectivity index (χ3n) is 5.83. The first-order valence-electron chi connectivity index (χ1n) is 9.28. The van der Waals surface area contributed by atoms with E-state index in [1.54, 1.807) is 0 Å². The Bertz CT molecular complexity index is 572. The summed E-state index contributed by atoms with van der Waals surface area (Å²) in [6, 6.07) is 5.49. The zero-order valence-electron chi connectivity index (χ0n) is 14.3. The Balaban J connectivity index is 1.41. The molecule has 4 rings (SSSR count). The summed E-state index contributed by atoms with van der Waals surface area (Å²) in [7, 11) is 0. The highest BCUT2D eigenvalue weighted by molar-refractivity contribution is 7.12. The van der Waals surface area contributed by atoms with E-state index in [0.717, 1.165) is 26.1 Å². The summed E-state index contributed by atoms with van der Waals surface area (Å²) in [6.45, 7) is 7.87. The number of likely N-dealkylation sites (tertiary alicyclic amines) is 1. The van der Waals surface area contributed by atoms with Crippen molar-refractivity contribution >= 4 is 17.2 Å². The van der Waals surface area contributed by atoms with Crippen molar-refractivity contribution in [1.82, 2.24) is 9.80 Å². The van der Waals surface area contributed by atoms with Crippen molar-refractivity contribution in [2.75, 3.05) is 19.6 Å². The molecule has 23 heavy (non-hydrogen) atoms. The van der Waals surface area contributed by atoms with Crippen LogP contribution >= 0.6 is 11.3 Å². The van der Waals surface area contributed by atoms with Crippen LogP contribution in [-0.2, 0) is 4.79 Å². The number of rotatable bonds is 5. The van der Waals surface area contributed by atoms with E-state index in [9.17, 15) is 4.79 Å². The van der Waals surface area contributed by atoms with Crippen LogP contribution in [-0.4, -0.2) is 47.4 Å². The Labute approximate surface area is 143 Å². The number of carbonyl (C=O) groups excluding carboxylic acids is 1. The highest BCUT2D eigenvalue weighted by Crippen LogP contribution is 2.51. The second kappa shape index (κ2) is 6.21. The summed E-state index contributed by atoms with van der Waals surface area (Å²) in [6.07, 6.45) is 5.89. The molecule has 3 nitrogen and oxygen atoms in total. The number of carbonyl (C=O) groups is 1. The molecule has 2 unspecified atom stereocenters. The number of piperidine rings is 1. The summed E-state index contributed by atoms with van der Waals surface area (Å²) in [4.78, 5) is 20.8. The highest BCUT2D eigenvalue weighted by Gasteiger charge is 2.50. The van der Waals surface area contributed by atoms with Crippen LogP contribution in [0.5, 0.6) is 0 Å². The van der Waals surface area contributed by atoms with Gasteiger partial charge in [-0.15, -0.1) is 11.3 Å². The van der Waals surface area contributed by atoms with Gasteiger partial charge >= 0.3 is 0 Å². The van der Waals surface area contributed by atoms with Gasteiger partial charge in [-0.25, -0.2) is 0 Å². The van der Waals surface area contributed by atoms with Gasteiger partial charge in [-0.1, -0.05) is 6.92 Å². The third-order valence-corrected chi connectivity index (χ3v) is 6.96. The number of aryl methyl sites for hydroxylation is 1. The smallest absolute Gasteiger partial charge is 0.226 e. The van der Waals surface area contributed by atoms with Crippen molar-refractivity contribution in [3.8, 4) is 0 Å². The summed E-state index contributed by atoms with van der Waals surface area (Å²) in [5, 5.41) is 0. The van der Waals surface area contributed by atoms with E-state index in [1.165, 1.54) is 35.4 Å². The molecule has 2 aliphatic carbocycles. The van der Waals surface area contributed by atoms with Gasteiger partial charge in [-0.3, -0.25) is 4.79 Å². The largest absolute Gasteiger partial charge is 0.336 e. The molecule has 0 radical (unpaired) electrons. The van der Waals surface area contributed by atoms with Gasteiger partial charge in [0, 0.05) is 46.8 Å². The highest BCUT2D eigenvalue weighted by atomic mass is 32.1. The van der Waals surface area contributed by atoms with Crippen LogP contribution in [0.15, 0.2) is 12.1 Å². The van der Waals surface area contributed by atoms with E-state index in [1.807, 2.05) is 11.3 Å². The topological polar surface area (TPSA) is 23.6 Å². The van der Waals surface area contributed by atoms with Gasteiger partial charge in [0.2, 0.25) is 5.91 Å². The molecular weight excluding hydrogens is 304 g/mol. The molecule has 4 heteroatoms. The van der Waals surface area contributed by atoms with Crippen molar-refractivity contribution in [3.63, 3.8) is 0 Å². The number of nitrogens with zero attached hydrogens (tertiary/aromatic N) is 2. The zero-order valence-corrected chi connectivity index (χ0v) is 15.1. The molecule has 1 aliphatic heterocycles. The van der Waals surface area contributed by atoms with E-state index < -0.39 is 0 Å². The summed E-state index contributed by atoms with van der Waals surface area (Å²) in [5.74, 6) is 1.26. The fourth-order valence-corrected chi connectivity index (χ4v) is 5.21. The van der Waals surface area contributed by atoms with Crippen molar-refractivity contribution in [2.24, 2.45) is 5.92 Å². The molecule has 0 aromatic carbocycles. The van der Waals surface area contributed by atoms with Crippen LogP contribution in [0.2, 0.25) is 0 Å². The van der Waals surface area contributed by atoms with E-state index in [2.05, 4.69) is 35.8 Å². The molecule has 1 saturated heterocycles. The van der Waals surface area contributed by atoms with Crippen molar-refractivity contribution in [1.29, 1.82) is 0 Å². The fraction of sp³-hybridized carbons (Fsp3) is 0.737. The van der Waals surface area contributed by atoms with E-state index in [-0.39, 0.29) is 5.92 Å². The van der Waals surface area contributed by atoms with Crippen molar-refractivity contribution < 1.29 is 4.79 Å². The lowest BCUT2D eigenvalue weighted by molar-refractivity contribution is -0.136. The molecule has 0 N–H and O–H groups in total. The van der Waals surface area contributed by atoms with Gasteiger partial charge in [0.15, 0.2) is 0 Å². The Morgan fingerprint density at radius 3 is 2.48 bits per heavy atom. The molecule has 0 spiro atoms. The van der Waals surface area contributed by atoms with Crippen LogP contribution in [0.25, 0.3) is 0 Å². The molecule has 1 amide bonds. The average molecular weight is 333 g/mol. The van der Waals surface area contributed by atoms with Crippen LogP contribution in [0.3, 0.4) is 0 Å². The predicted octanol–water partition coefficient (Wildman–Crippen LogP) is 3.64. The molecule has 3 aliphatic rings. The Morgan fingerprint density at radius 1 is 1.22 bits per heavy atom. The monoisotopic (exact) mass is 332 g/mol. The lowest BCUT2D eigenvalue weighted by Crippen LogP contribution is -2.49. The van der Waals surface area contributed by atoms with Crippen LogP contribution in [0.4, 0.5) is 0 Å². The van der Waals surface area contributed by atoms with Gasteiger partial charge < -0.3 is 9.80 Å². The first-order chi connectivity index (χ1) is 11.2. The Morgan fingerprint density at radius 2 is 1.91 bits per heavy atom. The number of thiophene rings is 1. The maximum Gasteiger partial charge on any atom is 0.226 e. The third kappa shape index (κ3) is 3.20. The lowest BCUT2D eigenvalue weighted by atomic mass is 10.0. The lowest BCUT2D eigenvalue weighted by Gasteiger charge is -2.38. The Hall–Kier alpha value is -0.870. The van der Waals surface area contributed by atoms with Crippen LogP contribution in [0.1, 0.15) is 54.7 Å². The van der Waals surface area contributed by atoms with E-state index >= 15 is 0 Å². The molecule has 0 bridgehead atoms. The van der Waals surface area contributed by atoms with E-state index in [0.29, 0.717) is 23.9 Å². The number of amides is 1. The minimum Gasteiger partial charge on any atom is -0.336 e. The molecule has 1 aromatic rings. The molecule has 3 fully saturated rings. The average Bonchev–Trinajstić information content (AvgIpc) is 3.48. The first kappa shape index (κ1) is 15.6. The van der Waals surface area contributed by atoms with Gasteiger partial charge in [0.25, 0.3) is 0 Å². The Kier molecular flexibility index (Phi) is 4.22. The van der Waals surface area contributed by atoms with Crippen molar-refractivity contribution in [2.45, 2.75) is 64.0 Å². The van der Waals surface area contributed by atoms with Gasteiger partial charge in [-0.05, 0) is 57.7 Å². The second-order valence-electron chi connectivity index (χ2n) is 7.54. The summed E-state index contributed by atoms with van der Waals surface area (Å²) in [5.41, 5.74) is 0. The minimum atomic E-state index is 0.276. The molecule has 126 valence electrons. The maximum absolute atomic E-state index is 13.1. The van der Waals surface area contributed by atoms with E-state index in [4.69, 9.17) is 0 Å². The number of hydrogen-bond donors (Lipinski definition) is 0. The fourth-order valence-electron chi connectivity index (χ4n) is 4.15. The van der Waals surface area contributed by atoms with Crippen LogP contribution < -0.4 is 0 Å². The maximum atomic E-state index is 13.1. The normalized spacial score (nSPS) is 28.8. The quantitative estimate of drug-likeness (QED) is 0.822. The molecule has 2 heterocycles. The van der Waals surface area contributed by atoms with Crippen LogP contribution in [0, 0.1) is 12.8 Å². The van der Waals surface area contributed by atoms with Gasteiger partial charge in [0.1, 0.15) is 0 Å². The summed E-state index contributed by atoms with van der Waals surface area (Å²) < 4.78 is 0. The second-order valence-corrected chi connectivity index (χ2v) is 8.86. The first-order valence-corrected chi connectivity index (χ1v) is 10.1. The molecule has 2 atom stereocenters. The summed E-state index contributed by atoms with van der Waals surface area (Å²) >= 11 is 1.88. The number of hydrogen-bond acceptors (Lipinski definition) is 3. The molecule has 1 aromatic heterocycles. The minimum absolute atomic E-state index is 0.276. The zero-order chi connectivity index (χ0) is 16.0. The standard InChI is InChI=1S/C19H28N2OS/c1-3-20-10-8-15(9-11-20)21(14-5-6-14)19(22)17-12-16(17)18-7-4-13(2)23-18/h4,7,14-17H,3,5-6,8-12H2,1-2H3. The van der Waals surface area contributed by atoms with Gasteiger partial charge in [-0.2, -0.15) is 0 Å². The van der Waals surface area contributed by atoms with Gasteiger partial charge in [0.05, 0.1) is 0 Å². The molecule has 2 saturated carbocycles.